The fourth-order valence-electron chi connectivity index (χ4n) is 2.24. The van der Waals surface area contributed by atoms with Crippen molar-refractivity contribution < 1.29 is 9.13 Å². The van der Waals surface area contributed by atoms with Crippen molar-refractivity contribution in [2.24, 2.45) is 10.9 Å². The molecule has 0 bridgehead atoms. The van der Waals surface area contributed by atoms with Crippen LogP contribution in [0, 0.1) is 11.7 Å². The van der Waals surface area contributed by atoms with Crippen LogP contribution >= 0.6 is 0 Å². The Morgan fingerprint density at radius 1 is 1.48 bits per heavy atom. The van der Waals surface area contributed by atoms with Gasteiger partial charge >= 0.3 is 0 Å². The number of ether oxygens (including phenoxy) is 1. The molecule has 1 aromatic rings. The molecule has 1 fully saturated rings. The summed E-state index contributed by atoms with van der Waals surface area (Å²) in [5.41, 5.74) is 0.860. The van der Waals surface area contributed by atoms with E-state index in [1.807, 2.05) is 13.0 Å². The summed E-state index contributed by atoms with van der Waals surface area (Å²) in [6.07, 6.45) is 3.90. The lowest BCUT2D eigenvalue weighted by molar-refractivity contribution is 0.386. The molecule has 4 nitrogen and oxygen atoms in total. The zero-order valence-electron chi connectivity index (χ0n) is 12.9. The Morgan fingerprint density at radius 2 is 2.24 bits per heavy atom. The minimum atomic E-state index is -0.347. The SMILES string of the molecule is CN=C(NCCC1CC1)NC(C)c1ccc(OC)c(F)c1. The molecule has 5 heteroatoms. The van der Waals surface area contributed by atoms with Gasteiger partial charge in [-0.3, -0.25) is 4.99 Å². The number of nitrogens with one attached hydrogen (secondary N) is 2. The zero-order valence-corrected chi connectivity index (χ0v) is 12.9. The van der Waals surface area contributed by atoms with Gasteiger partial charge in [0.2, 0.25) is 0 Å². The van der Waals surface area contributed by atoms with Gasteiger partial charge in [-0.05, 0) is 37.0 Å². The van der Waals surface area contributed by atoms with E-state index in [2.05, 4.69) is 15.6 Å². The van der Waals surface area contributed by atoms with E-state index >= 15 is 0 Å². The maximum absolute atomic E-state index is 13.7. The van der Waals surface area contributed by atoms with Crippen molar-refractivity contribution in [2.45, 2.75) is 32.2 Å². The first kappa shape index (κ1) is 15.6. The molecule has 0 amide bonds. The molecule has 1 atom stereocenters. The van der Waals surface area contributed by atoms with Crippen molar-refractivity contribution in [3.63, 3.8) is 0 Å². The first-order valence-electron chi connectivity index (χ1n) is 7.44. The van der Waals surface area contributed by atoms with Gasteiger partial charge in [0, 0.05) is 13.6 Å². The molecule has 0 spiro atoms. The number of methoxy groups -OCH3 is 1. The molecule has 0 saturated heterocycles. The Bertz CT molecular complexity index is 500. The Balaban J connectivity index is 1.88. The molecular weight excluding hydrogens is 269 g/mol. The number of rotatable bonds is 6. The highest BCUT2D eigenvalue weighted by molar-refractivity contribution is 5.80. The maximum Gasteiger partial charge on any atom is 0.191 e. The first-order valence-corrected chi connectivity index (χ1v) is 7.44. The summed E-state index contributed by atoms with van der Waals surface area (Å²) in [7, 11) is 3.21. The molecule has 2 N–H and O–H groups in total. The van der Waals surface area contributed by atoms with E-state index in [0.29, 0.717) is 0 Å². The third-order valence-electron chi connectivity index (χ3n) is 3.79. The number of hydrogen-bond donors (Lipinski definition) is 2. The molecular formula is C16H24FN3O. The molecule has 0 aliphatic heterocycles. The highest BCUT2D eigenvalue weighted by Crippen LogP contribution is 2.31. The van der Waals surface area contributed by atoms with E-state index in [0.717, 1.165) is 24.0 Å². The number of halogens is 1. The smallest absolute Gasteiger partial charge is 0.191 e. The quantitative estimate of drug-likeness (QED) is 0.626. The minimum Gasteiger partial charge on any atom is -0.494 e. The number of benzene rings is 1. The lowest BCUT2D eigenvalue weighted by atomic mass is 10.1. The van der Waals surface area contributed by atoms with Crippen molar-refractivity contribution in [3.05, 3.63) is 29.6 Å². The second-order valence-corrected chi connectivity index (χ2v) is 5.49. The molecule has 1 aliphatic rings. The monoisotopic (exact) mass is 293 g/mol. The lowest BCUT2D eigenvalue weighted by Crippen LogP contribution is -2.39. The van der Waals surface area contributed by atoms with Crippen LogP contribution in [0.4, 0.5) is 4.39 Å². The average Bonchev–Trinajstić information content (AvgIpc) is 3.30. The van der Waals surface area contributed by atoms with E-state index in [1.54, 1.807) is 13.1 Å². The first-order chi connectivity index (χ1) is 10.1. The number of guanidine groups is 1. The van der Waals surface area contributed by atoms with Gasteiger partial charge < -0.3 is 15.4 Å². The third kappa shape index (κ3) is 4.62. The van der Waals surface area contributed by atoms with E-state index in [4.69, 9.17) is 4.74 Å². The van der Waals surface area contributed by atoms with Crippen molar-refractivity contribution in [1.82, 2.24) is 10.6 Å². The molecule has 1 aromatic carbocycles. The predicted octanol–water partition coefficient (Wildman–Crippen LogP) is 2.86. The summed E-state index contributed by atoms with van der Waals surface area (Å²) in [6, 6.07) is 4.97. The molecule has 0 aromatic heterocycles. The fraction of sp³-hybridized carbons (Fsp3) is 0.562. The maximum atomic E-state index is 13.7. The van der Waals surface area contributed by atoms with Crippen LogP contribution in [0.25, 0.3) is 0 Å². The minimum absolute atomic E-state index is 0.0301. The Morgan fingerprint density at radius 3 is 2.81 bits per heavy atom. The topological polar surface area (TPSA) is 45.7 Å². The standard InChI is InChI=1S/C16H24FN3O/c1-11(13-6-7-15(21-3)14(17)10-13)20-16(18-2)19-9-8-12-4-5-12/h6-7,10-12H,4-5,8-9H2,1-3H3,(H2,18,19,20). The zero-order chi connectivity index (χ0) is 15.2. The number of aliphatic imine (C=N–C) groups is 1. The van der Waals surface area contributed by atoms with E-state index < -0.39 is 0 Å². The average molecular weight is 293 g/mol. The van der Waals surface area contributed by atoms with E-state index in [1.165, 1.54) is 32.4 Å². The second kappa shape index (κ2) is 7.29. The predicted molar refractivity (Wildman–Crippen MR) is 83.2 cm³/mol. The van der Waals surface area contributed by atoms with Gasteiger partial charge in [0.05, 0.1) is 13.2 Å². The van der Waals surface area contributed by atoms with E-state index in [9.17, 15) is 4.39 Å². The molecule has 1 aliphatic carbocycles. The Labute approximate surface area is 125 Å². The van der Waals surface area contributed by atoms with Gasteiger partial charge in [-0.25, -0.2) is 4.39 Å². The largest absolute Gasteiger partial charge is 0.494 e. The number of nitrogens with zero attached hydrogens (tertiary/aromatic N) is 1. The highest BCUT2D eigenvalue weighted by atomic mass is 19.1. The molecule has 0 radical (unpaired) electrons. The van der Waals surface area contributed by atoms with Crippen LogP contribution in [0.2, 0.25) is 0 Å². The van der Waals surface area contributed by atoms with Crippen molar-refractivity contribution in [3.8, 4) is 5.75 Å². The summed E-state index contributed by atoms with van der Waals surface area (Å²) >= 11 is 0. The summed E-state index contributed by atoms with van der Waals surface area (Å²) in [5, 5.41) is 6.57. The molecule has 1 saturated carbocycles. The normalized spacial score (nSPS) is 16.5. The number of hydrogen-bond acceptors (Lipinski definition) is 2. The molecule has 2 rings (SSSR count). The van der Waals surface area contributed by atoms with Crippen LogP contribution in [0.3, 0.4) is 0 Å². The van der Waals surface area contributed by atoms with Gasteiger partial charge in [-0.15, -0.1) is 0 Å². The van der Waals surface area contributed by atoms with Gasteiger partial charge in [-0.2, -0.15) is 0 Å². The van der Waals surface area contributed by atoms with Crippen LogP contribution in [0.5, 0.6) is 5.75 Å². The molecule has 1 unspecified atom stereocenters. The molecule has 116 valence electrons. The second-order valence-electron chi connectivity index (χ2n) is 5.49. The van der Waals surface area contributed by atoms with Crippen LogP contribution in [-0.2, 0) is 0 Å². The molecule has 0 heterocycles. The molecule has 21 heavy (non-hydrogen) atoms. The van der Waals surface area contributed by atoms with Crippen molar-refractivity contribution >= 4 is 5.96 Å². The van der Waals surface area contributed by atoms with Crippen molar-refractivity contribution in [2.75, 3.05) is 20.7 Å². The van der Waals surface area contributed by atoms with Gasteiger partial charge in [-0.1, -0.05) is 18.9 Å². The van der Waals surface area contributed by atoms with Crippen LogP contribution in [0.15, 0.2) is 23.2 Å². The Kier molecular flexibility index (Phi) is 5.42. The van der Waals surface area contributed by atoms with E-state index in [-0.39, 0.29) is 17.6 Å². The summed E-state index contributed by atoms with van der Waals surface area (Å²) in [6.45, 7) is 2.91. The fourth-order valence-corrected chi connectivity index (χ4v) is 2.24. The third-order valence-corrected chi connectivity index (χ3v) is 3.79. The summed E-state index contributed by atoms with van der Waals surface area (Å²) in [4.78, 5) is 4.20. The summed E-state index contributed by atoms with van der Waals surface area (Å²) in [5.74, 6) is 1.56. The van der Waals surface area contributed by atoms with Crippen LogP contribution in [0.1, 0.15) is 37.8 Å². The van der Waals surface area contributed by atoms with Gasteiger partial charge in [0.1, 0.15) is 0 Å². The lowest BCUT2D eigenvalue weighted by Gasteiger charge is -2.18. The summed E-state index contributed by atoms with van der Waals surface area (Å²) < 4.78 is 18.7. The van der Waals surface area contributed by atoms with Crippen LogP contribution in [-0.4, -0.2) is 26.7 Å². The van der Waals surface area contributed by atoms with Crippen molar-refractivity contribution in [1.29, 1.82) is 0 Å². The van der Waals surface area contributed by atoms with Gasteiger partial charge in [0.25, 0.3) is 0 Å². The van der Waals surface area contributed by atoms with Gasteiger partial charge in [0.15, 0.2) is 17.5 Å². The Hall–Kier alpha value is -1.78. The van der Waals surface area contributed by atoms with Crippen LogP contribution < -0.4 is 15.4 Å². The highest BCUT2D eigenvalue weighted by Gasteiger charge is 2.20.